The van der Waals surface area contributed by atoms with Gasteiger partial charge in [0.1, 0.15) is 0 Å². The van der Waals surface area contributed by atoms with Crippen LogP contribution in [0.25, 0.3) is 0 Å². The number of likely N-dealkylation sites (tertiary alicyclic amines) is 1. The summed E-state index contributed by atoms with van der Waals surface area (Å²) < 4.78 is 0. The van der Waals surface area contributed by atoms with Crippen molar-refractivity contribution in [3.05, 3.63) is 0 Å². The minimum absolute atomic E-state index is 0.0539. The molecule has 0 radical (unpaired) electrons. The van der Waals surface area contributed by atoms with Crippen LogP contribution in [0.2, 0.25) is 0 Å². The summed E-state index contributed by atoms with van der Waals surface area (Å²) in [6, 6.07) is 0. The van der Waals surface area contributed by atoms with Crippen molar-refractivity contribution in [2.75, 3.05) is 19.6 Å². The monoisotopic (exact) mass is 214 g/mol. The minimum Gasteiger partial charge on any atom is -0.481 e. The van der Waals surface area contributed by atoms with E-state index in [1.807, 2.05) is 0 Å². The maximum atomic E-state index is 11.4. The first kappa shape index (κ1) is 11.5. The van der Waals surface area contributed by atoms with E-state index in [0.29, 0.717) is 13.0 Å². The number of carbonyl (C=O) groups excluding carboxylic acids is 2. The molecule has 6 heteroatoms. The number of aliphatic carboxylic acids is 1. The molecule has 1 rings (SSSR count). The summed E-state index contributed by atoms with van der Waals surface area (Å²) in [4.78, 5) is 34.1. The molecular formula is C9H14N2O4. The molecule has 1 aliphatic heterocycles. The van der Waals surface area contributed by atoms with E-state index in [9.17, 15) is 14.4 Å². The molecule has 6 nitrogen and oxygen atoms in total. The van der Waals surface area contributed by atoms with Crippen molar-refractivity contribution in [3.63, 3.8) is 0 Å². The molecule has 0 aromatic rings. The van der Waals surface area contributed by atoms with E-state index in [2.05, 4.69) is 5.32 Å². The number of nitrogens with one attached hydrogen (secondary N) is 1. The number of hydrogen-bond donors (Lipinski definition) is 2. The summed E-state index contributed by atoms with van der Waals surface area (Å²) in [7, 11) is 0. The second-order valence-electron chi connectivity index (χ2n) is 3.57. The third-order valence-corrected chi connectivity index (χ3v) is 2.38. The number of carbonyl (C=O) groups is 3. The number of carboxylic acid groups (broad SMARTS) is 1. The normalized spacial score (nSPS) is 20.1. The van der Waals surface area contributed by atoms with Gasteiger partial charge in [-0.2, -0.15) is 0 Å². The average molecular weight is 214 g/mol. The highest BCUT2D eigenvalue weighted by molar-refractivity contribution is 5.84. The fourth-order valence-corrected chi connectivity index (χ4v) is 1.50. The van der Waals surface area contributed by atoms with Crippen LogP contribution in [0.15, 0.2) is 0 Å². The molecule has 0 unspecified atom stereocenters. The fraction of sp³-hybridized carbons (Fsp3) is 0.667. The molecule has 2 N–H and O–H groups in total. The van der Waals surface area contributed by atoms with Gasteiger partial charge in [-0.25, -0.2) is 0 Å². The van der Waals surface area contributed by atoms with Crippen LogP contribution in [0.5, 0.6) is 0 Å². The topological polar surface area (TPSA) is 86.7 Å². The molecule has 0 bridgehead atoms. The van der Waals surface area contributed by atoms with Crippen molar-refractivity contribution in [2.24, 2.45) is 5.92 Å². The largest absolute Gasteiger partial charge is 0.481 e. The summed E-state index contributed by atoms with van der Waals surface area (Å²) in [5, 5.41) is 11.1. The summed E-state index contributed by atoms with van der Waals surface area (Å²) in [5.41, 5.74) is 0. The molecule has 0 aliphatic carbocycles. The van der Waals surface area contributed by atoms with Crippen LogP contribution < -0.4 is 5.32 Å². The zero-order valence-electron chi connectivity index (χ0n) is 8.52. The minimum atomic E-state index is -0.871. The van der Waals surface area contributed by atoms with E-state index in [4.69, 9.17) is 5.11 Å². The van der Waals surface area contributed by atoms with Crippen LogP contribution in [0.3, 0.4) is 0 Å². The van der Waals surface area contributed by atoms with Gasteiger partial charge in [0.25, 0.3) is 0 Å². The van der Waals surface area contributed by atoms with E-state index in [1.165, 1.54) is 11.8 Å². The van der Waals surface area contributed by atoms with Crippen LogP contribution in [-0.2, 0) is 14.4 Å². The highest BCUT2D eigenvalue weighted by Crippen LogP contribution is 2.15. The molecule has 0 saturated carbocycles. The number of rotatable bonds is 3. The van der Waals surface area contributed by atoms with Crippen LogP contribution >= 0.6 is 0 Å². The summed E-state index contributed by atoms with van der Waals surface area (Å²) in [6.07, 6.45) is 0.487. The van der Waals surface area contributed by atoms with E-state index in [-0.39, 0.29) is 24.9 Å². The van der Waals surface area contributed by atoms with Crippen molar-refractivity contribution in [2.45, 2.75) is 13.3 Å². The third kappa shape index (κ3) is 3.23. The van der Waals surface area contributed by atoms with Gasteiger partial charge in [-0.1, -0.05) is 0 Å². The highest BCUT2D eigenvalue weighted by atomic mass is 16.4. The molecule has 15 heavy (non-hydrogen) atoms. The number of amides is 2. The summed E-state index contributed by atoms with van der Waals surface area (Å²) in [6.45, 7) is 1.97. The zero-order valence-corrected chi connectivity index (χ0v) is 8.52. The lowest BCUT2D eigenvalue weighted by Gasteiger charge is -2.15. The number of hydrogen-bond acceptors (Lipinski definition) is 3. The average Bonchev–Trinajstić information content (AvgIpc) is 2.62. The molecule has 0 spiro atoms. The Bertz CT molecular complexity index is 290. The lowest BCUT2D eigenvalue weighted by Crippen LogP contribution is -2.38. The SMILES string of the molecule is CC(=O)NCC(=O)N1CC[C@H](C(=O)O)C1. The zero-order chi connectivity index (χ0) is 11.4. The van der Waals surface area contributed by atoms with Crippen molar-refractivity contribution in [3.8, 4) is 0 Å². The Morgan fingerprint density at radius 2 is 2.13 bits per heavy atom. The molecule has 0 aromatic carbocycles. The number of nitrogens with zero attached hydrogens (tertiary/aromatic N) is 1. The second kappa shape index (κ2) is 4.77. The fourth-order valence-electron chi connectivity index (χ4n) is 1.50. The second-order valence-corrected chi connectivity index (χ2v) is 3.57. The van der Waals surface area contributed by atoms with Gasteiger partial charge >= 0.3 is 5.97 Å². The molecule has 2 amide bonds. The first-order chi connectivity index (χ1) is 7.00. The van der Waals surface area contributed by atoms with Gasteiger partial charge in [0.2, 0.25) is 11.8 Å². The van der Waals surface area contributed by atoms with Crippen molar-refractivity contribution in [1.82, 2.24) is 10.2 Å². The van der Waals surface area contributed by atoms with Gasteiger partial charge in [0.05, 0.1) is 12.5 Å². The summed E-state index contributed by atoms with van der Waals surface area (Å²) >= 11 is 0. The molecule has 1 saturated heterocycles. The Labute approximate surface area is 87.2 Å². The smallest absolute Gasteiger partial charge is 0.308 e. The highest BCUT2D eigenvalue weighted by Gasteiger charge is 2.30. The lowest BCUT2D eigenvalue weighted by atomic mass is 10.1. The van der Waals surface area contributed by atoms with E-state index in [1.54, 1.807) is 0 Å². The van der Waals surface area contributed by atoms with E-state index < -0.39 is 11.9 Å². The Hall–Kier alpha value is -1.59. The van der Waals surface area contributed by atoms with Gasteiger partial charge in [-0.15, -0.1) is 0 Å². The molecular weight excluding hydrogens is 200 g/mol. The van der Waals surface area contributed by atoms with Gasteiger partial charge in [0.15, 0.2) is 0 Å². The number of carboxylic acids is 1. The first-order valence-corrected chi connectivity index (χ1v) is 4.75. The van der Waals surface area contributed by atoms with Crippen molar-refractivity contribution >= 4 is 17.8 Å². The van der Waals surface area contributed by atoms with Crippen molar-refractivity contribution in [1.29, 1.82) is 0 Å². The molecule has 1 aliphatic rings. The Morgan fingerprint density at radius 3 is 2.60 bits per heavy atom. The van der Waals surface area contributed by atoms with E-state index >= 15 is 0 Å². The van der Waals surface area contributed by atoms with Crippen LogP contribution in [0.4, 0.5) is 0 Å². The van der Waals surface area contributed by atoms with Gasteiger partial charge in [-0.3, -0.25) is 14.4 Å². The molecule has 0 aromatic heterocycles. The first-order valence-electron chi connectivity index (χ1n) is 4.75. The van der Waals surface area contributed by atoms with Crippen LogP contribution in [0.1, 0.15) is 13.3 Å². The Balaban J connectivity index is 2.36. The molecule has 1 fully saturated rings. The van der Waals surface area contributed by atoms with Crippen LogP contribution in [-0.4, -0.2) is 47.4 Å². The quantitative estimate of drug-likeness (QED) is 0.634. The standard InChI is InChI=1S/C9H14N2O4/c1-6(12)10-4-8(13)11-3-2-7(5-11)9(14)15/h7H,2-5H2,1H3,(H,10,12)(H,14,15)/t7-/m0/s1. The maximum absolute atomic E-state index is 11.4. The van der Waals surface area contributed by atoms with Gasteiger partial charge < -0.3 is 15.3 Å². The maximum Gasteiger partial charge on any atom is 0.308 e. The molecule has 84 valence electrons. The van der Waals surface area contributed by atoms with Gasteiger partial charge in [-0.05, 0) is 6.42 Å². The molecule has 1 atom stereocenters. The third-order valence-electron chi connectivity index (χ3n) is 2.38. The van der Waals surface area contributed by atoms with Gasteiger partial charge in [0, 0.05) is 20.0 Å². The van der Waals surface area contributed by atoms with Crippen LogP contribution in [0, 0.1) is 5.92 Å². The summed E-state index contributed by atoms with van der Waals surface area (Å²) in [5.74, 6) is -1.83. The van der Waals surface area contributed by atoms with Crippen molar-refractivity contribution < 1.29 is 19.5 Å². The lowest BCUT2D eigenvalue weighted by molar-refractivity contribution is -0.141. The Morgan fingerprint density at radius 1 is 1.47 bits per heavy atom. The predicted octanol–water partition coefficient (Wildman–Crippen LogP) is -0.944. The molecule has 1 heterocycles. The Kier molecular flexibility index (Phi) is 3.65. The van der Waals surface area contributed by atoms with E-state index in [0.717, 1.165) is 0 Å². The predicted molar refractivity (Wildman–Crippen MR) is 51.0 cm³/mol.